The van der Waals surface area contributed by atoms with Crippen molar-refractivity contribution in [3.63, 3.8) is 0 Å². The van der Waals surface area contributed by atoms with E-state index in [-0.39, 0.29) is 0 Å². The summed E-state index contributed by atoms with van der Waals surface area (Å²) in [5.41, 5.74) is 3.87. The molecule has 0 atom stereocenters. The molecule has 1 N–H and O–H groups in total. The van der Waals surface area contributed by atoms with Crippen molar-refractivity contribution >= 4 is 23.2 Å². The standard InChI is InChI=1S/C9H9NS/c1-7-6-11-10-9-5-3-2-4-8(7)9/h2-6,10H,1H3. The lowest BCUT2D eigenvalue weighted by Crippen LogP contribution is -1.94. The van der Waals surface area contributed by atoms with Crippen LogP contribution in [0, 0.1) is 0 Å². The van der Waals surface area contributed by atoms with Crippen molar-refractivity contribution in [1.82, 2.24) is 0 Å². The highest BCUT2D eigenvalue weighted by atomic mass is 32.2. The first kappa shape index (κ1) is 6.80. The quantitative estimate of drug-likeness (QED) is 0.590. The molecule has 2 rings (SSSR count). The number of para-hydroxylation sites is 1. The van der Waals surface area contributed by atoms with Crippen LogP contribution in [0.1, 0.15) is 12.5 Å². The molecule has 0 radical (unpaired) electrons. The topological polar surface area (TPSA) is 12.0 Å². The summed E-state index contributed by atoms with van der Waals surface area (Å²) in [5.74, 6) is 0. The summed E-state index contributed by atoms with van der Waals surface area (Å²) in [6.45, 7) is 2.13. The second-order valence-corrected chi connectivity index (χ2v) is 3.24. The summed E-state index contributed by atoms with van der Waals surface area (Å²) in [6.07, 6.45) is 0. The van der Waals surface area contributed by atoms with Crippen LogP contribution < -0.4 is 4.72 Å². The van der Waals surface area contributed by atoms with E-state index in [2.05, 4.69) is 35.3 Å². The summed E-state index contributed by atoms with van der Waals surface area (Å²) in [5, 5.41) is 2.13. The minimum atomic E-state index is 1.22. The minimum absolute atomic E-state index is 1.22. The van der Waals surface area contributed by atoms with E-state index in [4.69, 9.17) is 0 Å². The number of hydrogen-bond donors (Lipinski definition) is 1. The molecule has 1 aromatic carbocycles. The maximum absolute atomic E-state index is 3.23. The van der Waals surface area contributed by atoms with E-state index in [0.29, 0.717) is 0 Å². The van der Waals surface area contributed by atoms with Crippen LogP contribution in [0.4, 0.5) is 5.69 Å². The third-order valence-corrected chi connectivity index (χ3v) is 2.57. The van der Waals surface area contributed by atoms with Crippen molar-refractivity contribution in [2.45, 2.75) is 6.92 Å². The SMILES string of the molecule is CC1=CSNc2ccccc21. The van der Waals surface area contributed by atoms with Gasteiger partial charge in [0.15, 0.2) is 0 Å². The predicted octanol–water partition coefficient (Wildman–Crippen LogP) is 3.12. The molecule has 0 spiro atoms. The van der Waals surface area contributed by atoms with Crippen LogP contribution in [0.15, 0.2) is 29.7 Å². The maximum atomic E-state index is 3.23. The van der Waals surface area contributed by atoms with Gasteiger partial charge in [-0.1, -0.05) is 18.2 Å². The highest BCUT2D eigenvalue weighted by Crippen LogP contribution is 2.31. The molecule has 0 fully saturated rings. The molecule has 1 nitrogen and oxygen atoms in total. The van der Waals surface area contributed by atoms with Crippen molar-refractivity contribution < 1.29 is 0 Å². The lowest BCUT2D eigenvalue weighted by Gasteiger charge is -2.14. The minimum Gasteiger partial charge on any atom is -0.326 e. The van der Waals surface area contributed by atoms with Gasteiger partial charge < -0.3 is 4.72 Å². The fraction of sp³-hybridized carbons (Fsp3) is 0.111. The summed E-state index contributed by atoms with van der Waals surface area (Å²) in [7, 11) is 0. The largest absolute Gasteiger partial charge is 0.326 e. The third kappa shape index (κ3) is 1.14. The fourth-order valence-corrected chi connectivity index (χ4v) is 1.83. The monoisotopic (exact) mass is 163 g/mol. The number of anilines is 1. The fourth-order valence-electron chi connectivity index (χ4n) is 1.16. The van der Waals surface area contributed by atoms with Gasteiger partial charge in [-0.25, -0.2) is 0 Å². The van der Waals surface area contributed by atoms with E-state index < -0.39 is 0 Å². The van der Waals surface area contributed by atoms with Gasteiger partial charge in [0.2, 0.25) is 0 Å². The third-order valence-electron chi connectivity index (χ3n) is 1.76. The molecule has 0 unspecified atom stereocenters. The average Bonchev–Trinajstić information content (AvgIpc) is 2.06. The van der Waals surface area contributed by atoms with Crippen LogP contribution >= 0.6 is 11.9 Å². The molecule has 1 aliphatic heterocycles. The van der Waals surface area contributed by atoms with Crippen LogP contribution in [0.2, 0.25) is 0 Å². The Kier molecular flexibility index (Phi) is 1.62. The molecule has 1 heterocycles. The van der Waals surface area contributed by atoms with E-state index in [1.807, 2.05) is 6.07 Å². The van der Waals surface area contributed by atoms with Crippen molar-refractivity contribution in [1.29, 1.82) is 0 Å². The van der Waals surface area contributed by atoms with Gasteiger partial charge in [-0.05, 0) is 35.9 Å². The molecule has 0 saturated heterocycles. The molecular formula is C9H9NS. The molecule has 0 bridgehead atoms. The molecule has 0 amide bonds. The first-order valence-electron chi connectivity index (χ1n) is 3.56. The van der Waals surface area contributed by atoms with E-state index in [0.717, 1.165) is 0 Å². The molecule has 0 saturated carbocycles. The number of rotatable bonds is 0. The van der Waals surface area contributed by atoms with Crippen molar-refractivity contribution in [2.75, 3.05) is 4.72 Å². The first-order valence-corrected chi connectivity index (χ1v) is 4.44. The Balaban J connectivity index is 2.56. The lowest BCUT2D eigenvalue weighted by atomic mass is 10.1. The van der Waals surface area contributed by atoms with Gasteiger partial charge in [0, 0.05) is 5.56 Å². The summed E-state index contributed by atoms with van der Waals surface area (Å²) in [6, 6.07) is 8.34. The Morgan fingerprint density at radius 2 is 2.09 bits per heavy atom. The van der Waals surface area contributed by atoms with E-state index in [9.17, 15) is 0 Å². The number of fused-ring (bicyclic) bond motifs is 1. The van der Waals surface area contributed by atoms with Gasteiger partial charge in [0.1, 0.15) is 0 Å². The number of benzene rings is 1. The molecule has 11 heavy (non-hydrogen) atoms. The molecule has 1 aliphatic rings. The van der Waals surface area contributed by atoms with Gasteiger partial charge in [0.05, 0.1) is 5.69 Å². The predicted molar refractivity (Wildman–Crippen MR) is 51.3 cm³/mol. The Morgan fingerprint density at radius 3 is 2.91 bits per heavy atom. The van der Waals surface area contributed by atoms with Crippen LogP contribution in [0.5, 0.6) is 0 Å². The molecule has 0 aliphatic carbocycles. The van der Waals surface area contributed by atoms with Crippen molar-refractivity contribution in [3.05, 3.63) is 35.2 Å². The summed E-state index contributed by atoms with van der Waals surface area (Å²) >= 11 is 1.63. The van der Waals surface area contributed by atoms with E-state index in [1.54, 1.807) is 11.9 Å². The smallest absolute Gasteiger partial charge is 0.0518 e. The number of allylic oxidation sites excluding steroid dienone is 1. The highest BCUT2D eigenvalue weighted by molar-refractivity contribution is 8.03. The molecule has 56 valence electrons. The van der Waals surface area contributed by atoms with Crippen LogP contribution in [-0.2, 0) is 0 Å². The molecular weight excluding hydrogens is 154 g/mol. The van der Waals surface area contributed by atoms with E-state index >= 15 is 0 Å². The molecule has 2 heteroatoms. The number of nitrogens with one attached hydrogen (secondary N) is 1. The Hall–Kier alpha value is -0.890. The van der Waals surface area contributed by atoms with Crippen molar-refractivity contribution in [3.8, 4) is 0 Å². The summed E-state index contributed by atoms with van der Waals surface area (Å²) < 4.78 is 3.23. The normalized spacial score (nSPS) is 14.8. The van der Waals surface area contributed by atoms with Gasteiger partial charge in [-0.3, -0.25) is 0 Å². The molecule has 0 aromatic heterocycles. The van der Waals surface area contributed by atoms with Gasteiger partial charge >= 0.3 is 0 Å². The van der Waals surface area contributed by atoms with E-state index in [1.165, 1.54) is 16.8 Å². The van der Waals surface area contributed by atoms with Crippen molar-refractivity contribution in [2.24, 2.45) is 0 Å². The lowest BCUT2D eigenvalue weighted by molar-refractivity contribution is 1.56. The second-order valence-electron chi connectivity index (χ2n) is 2.57. The highest BCUT2D eigenvalue weighted by Gasteiger charge is 2.06. The average molecular weight is 163 g/mol. The van der Waals surface area contributed by atoms with Gasteiger partial charge in [-0.2, -0.15) is 0 Å². The zero-order chi connectivity index (χ0) is 7.68. The maximum Gasteiger partial charge on any atom is 0.0518 e. The summed E-state index contributed by atoms with van der Waals surface area (Å²) in [4.78, 5) is 0. The Morgan fingerprint density at radius 1 is 1.27 bits per heavy atom. The second kappa shape index (κ2) is 2.62. The Bertz CT molecular complexity index is 304. The van der Waals surface area contributed by atoms with Crippen LogP contribution in [0.3, 0.4) is 0 Å². The first-order chi connectivity index (χ1) is 5.38. The van der Waals surface area contributed by atoms with Crippen LogP contribution in [0.25, 0.3) is 5.57 Å². The van der Waals surface area contributed by atoms with Gasteiger partial charge in [-0.15, -0.1) is 0 Å². The number of hydrogen-bond acceptors (Lipinski definition) is 2. The van der Waals surface area contributed by atoms with Gasteiger partial charge in [0.25, 0.3) is 0 Å². The Labute approximate surface area is 70.6 Å². The molecule has 1 aromatic rings. The zero-order valence-corrected chi connectivity index (χ0v) is 7.11. The van der Waals surface area contributed by atoms with Crippen LogP contribution in [-0.4, -0.2) is 0 Å². The zero-order valence-electron chi connectivity index (χ0n) is 6.29.